The summed E-state index contributed by atoms with van der Waals surface area (Å²) in [7, 11) is 0. The first kappa shape index (κ1) is 12.3. The summed E-state index contributed by atoms with van der Waals surface area (Å²) in [6.45, 7) is 1.80. The summed E-state index contributed by atoms with van der Waals surface area (Å²) in [6, 6.07) is 4.64. The van der Waals surface area contributed by atoms with E-state index >= 15 is 0 Å². The molecule has 1 atom stereocenters. The predicted octanol–water partition coefficient (Wildman–Crippen LogP) is 1.12. The highest BCUT2D eigenvalue weighted by atomic mass is 16.4. The minimum Gasteiger partial charge on any atom is -0.477 e. The summed E-state index contributed by atoms with van der Waals surface area (Å²) >= 11 is 0. The smallest absolute Gasteiger partial charge is 0.354 e. The molecule has 0 saturated carbocycles. The minimum atomic E-state index is -1.06. The Labute approximate surface area is 103 Å². The number of nitrogens with one attached hydrogen (secondary N) is 1. The summed E-state index contributed by atoms with van der Waals surface area (Å²) in [5.74, 6) is -0.508. The van der Waals surface area contributed by atoms with Crippen LogP contribution in [0.15, 0.2) is 24.4 Å². The van der Waals surface area contributed by atoms with Crippen molar-refractivity contribution in [1.82, 2.24) is 9.97 Å². The number of carbonyl (C=O) groups is 1. The molecule has 2 aromatic heterocycles. The monoisotopic (exact) mass is 247 g/mol. The zero-order valence-electron chi connectivity index (χ0n) is 9.79. The van der Waals surface area contributed by atoms with Crippen LogP contribution in [0.2, 0.25) is 0 Å². The van der Waals surface area contributed by atoms with Gasteiger partial charge in [-0.15, -0.1) is 0 Å². The Hall–Kier alpha value is -2.21. The van der Waals surface area contributed by atoms with Crippen molar-refractivity contribution in [3.63, 3.8) is 0 Å². The Bertz CT molecular complexity index is 586. The predicted molar refractivity (Wildman–Crippen MR) is 66.7 cm³/mol. The number of aliphatic hydroxyl groups excluding tert-OH is 1. The molecule has 0 saturated heterocycles. The summed E-state index contributed by atoms with van der Waals surface area (Å²) in [4.78, 5) is 19.0. The van der Waals surface area contributed by atoms with E-state index in [9.17, 15) is 4.79 Å². The molecule has 1 unspecified atom stereocenters. The molecule has 6 heteroatoms. The van der Waals surface area contributed by atoms with Crippen LogP contribution in [-0.2, 0) is 0 Å². The van der Waals surface area contributed by atoms with Gasteiger partial charge in [0.25, 0.3) is 0 Å². The highest BCUT2D eigenvalue weighted by Crippen LogP contribution is 2.15. The van der Waals surface area contributed by atoms with Gasteiger partial charge in [-0.1, -0.05) is 0 Å². The van der Waals surface area contributed by atoms with E-state index in [1.54, 1.807) is 18.3 Å². The summed E-state index contributed by atoms with van der Waals surface area (Å²) < 4.78 is 0. The molecule has 94 valence electrons. The lowest BCUT2D eigenvalue weighted by Gasteiger charge is -2.11. The van der Waals surface area contributed by atoms with Crippen LogP contribution < -0.4 is 5.32 Å². The van der Waals surface area contributed by atoms with Crippen molar-refractivity contribution < 1.29 is 15.0 Å². The highest BCUT2D eigenvalue weighted by Gasteiger charge is 2.07. The third-order valence-corrected chi connectivity index (χ3v) is 2.46. The van der Waals surface area contributed by atoms with Gasteiger partial charge in [-0.3, -0.25) is 0 Å². The lowest BCUT2D eigenvalue weighted by atomic mass is 10.2. The van der Waals surface area contributed by atoms with Crippen LogP contribution in [0.5, 0.6) is 0 Å². The van der Waals surface area contributed by atoms with Gasteiger partial charge >= 0.3 is 5.97 Å². The SMILES string of the molecule is CC(CO)Nc1cc2nc(C(=O)O)ccc2cn1. The number of hydrogen-bond donors (Lipinski definition) is 3. The number of aromatic carboxylic acids is 1. The van der Waals surface area contributed by atoms with Crippen LogP contribution in [-0.4, -0.2) is 38.8 Å². The first-order chi connectivity index (χ1) is 8.60. The van der Waals surface area contributed by atoms with E-state index in [1.807, 2.05) is 6.92 Å². The average molecular weight is 247 g/mol. The van der Waals surface area contributed by atoms with Crippen LogP contribution in [0.25, 0.3) is 10.9 Å². The molecule has 0 bridgehead atoms. The van der Waals surface area contributed by atoms with Gasteiger partial charge in [0.05, 0.1) is 12.1 Å². The second-order valence-corrected chi connectivity index (χ2v) is 3.99. The minimum absolute atomic E-state index is 0.00476. The second kappa shape index (κ2) is 4.97. The molecule has 3 N–H and O–H groups in total. The molecule has 0 fully saturated rings. The van der Waals surface area contributed by atoms with E-state index < -0.39 is 5.97 Å². The molecule has 0 aliphatic carbocycles. The van der Waals surface area contributed by atoms with Crippen molar-refractivity contribution >= 4 is 22.7 Å². The summed E-state index contributed by atoms with van der Waals surface area (Å²) in [5, 5.41) is 21.6. The summed E-state index contributed by atoms with van der Waals surface area (Å²) in [6.07, 6.45) is 1.61. The number of pyridine rings is 2. The van der Waals surface area contributed by atoms with E-state index in [4.69, 9.17) is 10.2 Å². The van der Waals surface area contributed by atoms with E-state index in [2.05, 4.69) is 15.3 Å². The third kappa shape index (κ3) is 2.54. The van der Waals surface area contributed by atoms with Crippen molar-refractivity contribution in [3.8, 4) is 0 Å². The second-order valence-electron chi connectivity index (χ2n) is 3.99. The number of carboxylic acid groups (broad SMARTS) is 1. The van der Waals surface area contributed by atoms with Crippen molar-refractivity contribution in [2.24, 2.45) is 0 Å². The van der Waals surface area contributed by atoms with Gasteiger partial charge in [-0.05, 0) is 19.1 Å². The molecule has 0 aliphatic rings. The standard InChI is InChI=1S/C12H13N3O3/c1-7(6-16)14-11-4-10-8(5-13-11)2-3-9(15-10)12(17)18/h2-5,7,16H,6H2,1H3,(H,13,14)(H,17,18). The van der Waals surface area contributed by atoms with E-state index in [0.29, 0.717) is 11.3 Å². The van der Waals surface area contributed by atoms with Gasteiger partial charge in [0.2, 0.25) is 0 Å². The lowest BCUT2D eigenvalue weighted by molar-refractivity contribution is 0.0691. The molecule has 0 amide bonds. The molecular weight excluding hydrogens is 234 g/mol. The zero-order chi connectivity index (χ0) is 13.1. The van der Waals surface area contributed by atoms with Gasteiger partial charge < -0.3 is 15.5 Å². The Morgan fingerprint density at radius 1 is 1.50 bits per heavy atom. The maximum atomic E-state index is 10.8. The molecular formula is C12H13N3O3. The number of aliphatic hydroxyl groups is 1. The molecule has 18 heavy (non-hydrogen) atoms. The van der Waals surface area contributed by atoms with Gasteiger partial charge in [0.1, 0.15) is 11.5 Å². The van der Waals surface area contributed by atoms with Gasteiger partial charge in [0.15, 0.2) is 0 Å². The number of fused-ring (bicyclic) bond motifs is 1. The summed E-state index contributed by atoms with van der Waals surface area (Å²) in [5.41, 5.74) is 0.549. The fourth-order valence-corrected chi connectivity index (χ4v) is 1.51. The van der Waals surface area contributed by atoms with Crippen LogP contribution >= 0.6 is 0 Å². The van der Waals surface area contributed by atoms with Crippen LogP contribution in [0, 0.1) is 0 Å². The fraction of sp³-hybridized carbons (Fsp3) is 0.250. The van der Waals surface area contributed by atoms with Crippen molar-refractivity contribution in [1.29, 1.82) is 0 Å². The Morgan fingerprint density at radius 3 is 2.94 bits per heavy atom. The first-order valence-corrected chi connectivity index (χ1v) is 5.47. The Morgan fingerprint density at radius 2 is 2.28 bits per heavy atom. The Balaban J connectivity index is 2.39. The van der Waals surface area contributed by atoms with Gasteiger partial charge in [0, 0.05) is 23.7 Å². The lowest BCUT2D eigenvalue weighted by Crippen LogP contribution is -2.19. The highest BCUT2D eigenvalue weighted by molar-refractivity contribution is 5.90. The van der Waals surface area contributed by atoms with Crippen LogP contribution in [0.4, 0.5) is 5.82 Å². The molecule has 0 aliphatic heterocycles. The zero-order valence-corrected chi connectivity index (χ0v) is 9.79. The van der Waals surface area contributed by atoms with Gasteiger partial charge in [-0.2, -0.15) is 0 Å². The van der Waals surface area contributed by atoms with E-state index in [1.165, 1.54) is 6.07 Å². The quantitative estimate of drug-likeness (QED) is 0.749. The fourth-order valence-electron chi connectivity index (χ4n) is 1.51. The Kier molecular flexibility index (Phi) is 3.38. The largest absolute Gasteiger partial charge is 0.477 e. The van der Waals surface area contributed by atoms with Gasteiger partial charge in [-0.25, -0.2) is 14.8 Å². The first-order valence-electron chi connectivity index (χ1n) is 5.47. The van der Waals surface area contributed by atoms with Crippen LogP contribution in [0.3, 0.4) is 0 Å². The van der Waals surface area contributed by atoms with E-state index in [-0.39, 0.29) is 18.3 Å². The molecule has 0 aromatic carbocycles. The molecule has 2 aromatic rings. The number of carboxylic acids is 1. The molecule has 0 radical (unpaired) electrons. The molecule has 2 rings (SSSR count). The number of anilines is 1. The maximum absolute atomic E-state index is 10.8. The van der Waals surface area contributed by atoms with Crippen molar-refractivity contribution in [2.45, 2.75) is 13.0 Å². The number of nitrogens with zero attached hydrogens (tertiary/aromatic N) is 2. The maximum Gasteiger partial charge on any atom is 0.354 e. The number of rotatable bonds is 4. The number of hydrogen-bond acceptors (Lipinski definition) is 5. The topological polar surface area (TPSA) is 95.3 Å². The molecule has 2 heterocycles. The van der Waals surface area contributed by atoms with Crippen molar-refractivity contribution in [2.75, 3.05) is 11.9 Å². The molecule has 6 nitrogen and oxygen atoms in total. The number of aromatic nitrogens is 2. The van der Waals surface area contributed by atoms with Crippen molar-refractivity contribution in [3.05, 3.63) is 30.1 Å². The average Bonchev–Trinajstić information content (AvgIpc) is 2.37. The normalized spacial score (nSPS) is 12.3. The van der Waals surface area contributed by atoms with Crippen LogP contribution in [0.1, 0.15) is 17.4 Å². The molecule has 0 spiro atoms. The van der Waals surface area contributed by atoms with E-state index in [0.717, 1.165) is 5.39 Å². The third-order valence-electron chi connectivity index (χ3n) is 2.46.